The van der Waals surface area contributed by atoms with E-state index < -0.39 is 0 Å². The number of hydrogen-bond donors (Lipinski definition) is 0. The summed E-state index contributed by atoms with van der Waals surface area (Å²) < 4.78 is 0.808. The van der Waals surface area contributed by atoms with Gasteiger partial charge in [-0.05, 0) is 11.8 Å². The molecule has 0 nitrogen and oxygen atoms in total. The van der Waals surface area contributed by atoms with Crippen molar-refractivity contribution in [3.63, 3.8) is 0 Å². The SMILES string of the molecule is C=CS/C(Cl)=C\CC. The van der Waals surface area contributed by atoms with E-state index in [-0.39, 0.29) is 0 Å². The monoisotopic (exact) mass is 148 g/mol. The molecule has 0 aromatic heterocycles. The van der Waals surface area contributed by atoms with Crippen molar-refractivity contribution in [2.45, 2.75) is 13.3 Å². The molecule has 2 heteroatoms. The highest BCUT2D eigenvalue weighted by Gasteiger charge is 1.83. The van der Waals surface area contributed by atoms with Crippen molar-refractivity contribution in [1.29, 1.82) is 0 Å². The van der Waals surface area contributed by atoms with E-state index in [1.807, 2.05) is 13.0 Å². The summed E-state index contributed by atoms with van der Waals surface area (Å²) in [5.41, 5.74) is 0. The van der Waals surface area contributed by atoms with Crippen molar-refractivity contribution in [2.24, 2.45) is 0 Å². The molecule has 0 unspecified atom stereocenters. The highest BCUT2D eigenvalue weighted by atomic mass is 35.5. The Morgan fingerprint density at radius 2 is 2.50 bits per heavy atom. The van der Waals surface area contributed by atoms with Crippen LogP contribution in [0.3, 0.4) is 0 Å². The first-order valence-corrected chi connectivity index (χ1v) is 3.70. The second kappa shape index (κ2) is 5.26. The van der Waals surface area contributed by atoms with Crippen LogP contribution in [0.5, 0.6) is 0 Å². The fourth-order valence-electron chi connectivity index (χ4n) is 0.288. The molecule has 0 saturated carbocycles. The summed E-state index contributed by atoms with van der Waals surface area (Å²) in [6.07, 6.45) is 2.94. The molecule has 0 aromatic carbocycles. The van der Waals surface area contributed by atoms with Gasteiger partial charge in [0.15, 0.2) is 0 Å². The summed E-state index contributed by atoms with van der Waals surface area (Å²) in [6, 6.07) is 0. The normalized spacial score (nSPS) is 11.5. The maximum absolute atomic E-state index is 5.63. The van der Waals surface area contributed by atoms with Gasteiger partial charge in [-0.1, -0.05) is 42.9 Å². The Balaban J connectivity index is 3.44. The van der Waals surface area contributed by atoms with Gasteiger partial charge in [0.1, 0.15) is 0 Å². The molecule has 0 amide bonds. The average Bonchev–Trinajstić information content (AvgIpc) is 1.68. The topological polar surface area (TPSA) is 0 Å². The molecule has 0 N–H and O–H groups in total. The van der Waals surface area contributed by atoms with Crippen LogP contribution in [0.25, 0.3) is 0 Å². The molecule has 0 bridgehead atoms. The summed E-state index contributed by atoms with van der Waals surface area (Å²) in [6.45, 7) is 5.57. The lowest BCUT2D eigenvalue weighted by atomic mass is 10.5. The van der Waals surface area contributed by atoms with Gasteiger partial charge in [-0.2, -0.15) is 0 Å². The second-order valence-electron chi connectivity index (χ2n) is 1.20. The molecule has 0 saturated heterocycles. The number of thioether (sulfide) groups is 1. The Bertz CT molecular complexity index is 96.7. The standard InChI is InChI=1S/C6H9ClS/c1-3-5-6(7)8-4-2/h4-5H,2-3H2,1H3/b6-5-. The first-order valence-electron chi connectivity index (χ1n) is 2.44. The molecule has 0 heterocycles. The van der Waals surface area contributed by atoms with E-state index >= 15 is 0 Å². The van der Waals surface area contributed by atoms with E-state index in [2.05, 4.69) is 6.58 Å². The van der Waals surface area contributed by atoms with E-state index in [1.165, 1.54) is 11.8 Å². The van der Waals surface area contributed by atoms with E-state index in [0.717, 1.165) is 10.8 Å². The predicted molar refractivity (Wildman–Crippen MR) is 42.0 cm³/mol. The van der Waals surface area contributed by atoms with Crippen LogP contribution in [0.2, 0.25) is 0 Å². The minimum atomic E-state index is 0.808. The van der Waals surface area contributed by atoms with Crippen LogP contribution >= 0.6 is 23.4 Å². The Morgan fingerprint density at radius 1 is 1.88 bits per heavy atom. The molecule has 0 aromatic rings. The number of rotatable bonds is 3. The minimum absolute atomic E-state index is 0.808. The van der Waals surface area contributed by atoms with Crippen LogP contribution in [0, 0.1) is 0 Å². The lowest BCUT2D eigenvalue weighted by Gasteiger charge is -1.86. The third kappa shape index (κ3) is 4.28. The molecular weight excluding hydrogens is 140 g/mol. The van der Waals surface area contributed by atoms with Crippen molar-refractivity contribution in [3.8, 4) is 0 Å². The van der Waals surface area contributed by atoms with Crippen molar-refractivity contribution in [3.05, 3.63) is 22.4 Å². The first-order chi connectivity index (χ1) is 3.81. The van der Waals surface area contributed by atoms with E-state index in [9.17, 15) is 0 Å². The van der Waals surface area contributed by atoms with Crippen LogP contribution in [0.4, 0.5) is 0 Å². The molecule has 0 rings (SSSR count). The highest BCUT2D eigenvalue weighted by molar-refractivity contribution is 8.07. The minimum Gasteiger partial charge on any atom is -0.0923 e. The fourth-order valence-corrected chi connectivity index (χ4v) is 1.05. The molecule has 0 atom stereocenters. The molecule has 46 valence electrons. The van der Waals surface area contributed by atoms with E-state index in [0.29, 0.717) is 0 Å². The van der Waals surface area contributed by atoms with Gasteiger partial charge < -0.3 is 0 Å². The molecule has 0 fully saturated rings. The third-order valence-corrected chi connectivity index (χ3v) is 1.54. The van der Waals surface area contributed by atoms with Gasteiger partial charge in [-0.3, -0.25) is 0 Å². The van der Waals surface area contributed by atoms with Crippen LogP contribution < -0.4 is 0 Å². The molecule has 0 radical (unpaired) electrons. The summed E-state index contributed by atoms with van der Waals surface area (Å²) in [4.78, 5) is 0. The second-order valence-corrected chi connectivity index (χ2v) is 2.84. The summed E-state index contributed by atoms with van der Waals surface area (Å²) in [5.74, 6) is 0. The van der Waals surface area contributed by atoms with Gasteiger partial charge in [0.05, 0.1) is 4.36 Å². The zero-order chi connectivity index (χ0) is 6.41. The van der Waals surface area contributed by atoms with Gasteiger partial charge in [-0.15, -0.1) is 0 Å². The summed E-state index contributed by atoms with van der Waals surface area (Å²) in [5, 5.41) is 1.72. The maximum Gasteiger partial charge on any atom is 0.0736 e. The van der Waals surface area contributed by atoms with E-state index in [4.69, 9.17) is 11.6 Å². The van der Waals surface area contributed by atoms with Crippen LogP contribution in [-0.4, -0.2) is 0 Å². The van der Waals surface area contributed by atoms with Crippen LogP contribution in [-0.2, 0) is 0 Å². The maximum atomic E-state index is 5.63. The van der Waals surface area contributed by atoms with Gasteiger partial charge >= 0.3 is 0 Å². The van der Waals surface area contributed by atoms with Gasteiger partial charge in [-0.25, -0.2) is 0 Å². The number of hydrogen-bond acceptors (Lipinski definition) is 1. The predicted octanol–water partition coefficient (Wildman–Crippen LogP) is 3.35. The largest absolute Gasteiger partial charge is 0.0923 e. The van der Waals surface area contributed by atoms with Gasteiger partial charge in [0.25, 0.3) is 0 Å². The first kappa shape index (κ1) is 8.12. The molecule has 0 aliphatic rings. The fraction of sp³-hybridized carbons (Fsp3) is 0.333. The molecule has 0 aliphatic carbocycles. The average molecular weight is 149 g/mol. The Labute approximate surface area is 59.6 Å². The van der Waals surface area contributed by atoms with Crippen molar-refractivity contribution < 1.29 is 0 Å². The quantitative estimate of drug-likeness (QED) is 0.592. The zero-order valence-electron chi connectivity index (χ0n) is 4.86. The molecule has 8 heavy (non-hydrogen) atoms. The molecule has 0 spiro atoms. The highest BCUT2D eigenvalue weighted by Crippen LogP contribution is 2.20. The third-order valence-electron chi connectivity index (χ3n) is 0.561. The molecular formula is C6H9ClS. The lowest BCUT2D eigenvalue weighted by molar-refractivity contribution is 1.23. The van der Waals surface area contributed by atoms with Crippen molar-refractivity contribution in [2.75, 3.05) is 0 Å². The van der Waals surface area contributed by atoms with Crippen molar-refractivity contribution in [1.82, 2.24) is 0 Å². The zero-order valence-corrected chi connectivity index (χ0v) is 6.43. The van der Waals surface area contributed by atoms with Crippen LogP contribution in [0.1, 0.15) is 13.3 Å². The van der Waals surface area contributed by atoms with Crippen molar-refractivity contribution >= 4 is 23.4 Å². The summed E-state index contributed by atoms with van der Waals surface area (Å²) >= 11 is 7.08. The van der Waals surface area contributed by atoms with Crippen LogP contribution in [0.15, 0.2) is 22.4 Å². The number of halogens is 1. The Kier molecular flexibility index (Phi) is 5.34. The van der Waals surface area contributed by atoms with E-state index in [1.54, 1.807) is 5.41 Å². The Hall–Kier alpha value is 0.120. The van der Waals surface area contributed by atoms with Gasteiger partial charge in [0.2, 0.25) is 0 Å². The summed E-state index contributed by atoms with van der Waals surface area (Å²) in [7, 11) is 0. The van der Waals surface area contributed by atoms with Gasteiger partial charge in [0, 0.05) is 0 Å². The lowest BCUT2D eigenvalue weighted by Crippen LogP contribution is -1.56. The number of allylic oxidation sites excluding steroid dienone is 1. The Morgan fingerprint density at radius 3 is 2.88 bits per heavy atom. The molecule has 0 aliphatic heterocycles. The smallest absolute Gasteiger partial charge is 0.0736 e.